The molecule has 1 atom stereocenters. The smallest absolute Gasteiger partial charge is 0.328 e. The minimum atomic E-state index is -0.698. The molecule has 92 valence electrons. The summed E-state index contributed by atoms with van der Waals surface area (Å²) in [5.74, 6) is -0.773. The number of ether oxygens (including phenoxy) is 1. The molecular formula is C12H15NO4. The number of carbonyl (C=O) groups excluding carboxylic acids is 2. The van der Waals surface area contributed by atoms with Crippen LogP contribution in [0.4, 0.5) is 0 Å². The Balaban J connectivity index is 2.60. The zero-order valence-corrected chi connectivity index (χ0v) is 9.77. The monoisotopic (exact) mass is 237 g/mol. The summed E-state index contributed by atoms with van der Waals surface area (Å²) in [6.07, 6.45) is 0. The van der Waals surface area contributed by atoms with Gasteiger partial charge in [0.25, 0.3) is 5.91 Å². The Hall–Kier alpha value is -2.04. The molecule has 0 aliphatic rings. The summed E-state index contributed by atoms with van der Waals surface area (Å²) in [5.41, 5.74) is 0.374. The van der Waals surface area contributed by atoms with E-state index in [4.69, 9.17) is 9.84 Å². The van der Waals surface area contributed by atoms with E-state index in [1.54, 1.807) is 13.8 Å². The number of phenols is 1. The van der Waals surface area contributed by atoms with Gasteiger partial charge in [0.05, 0.1) is 6.61 Å². The van der Waals surface area contributed by atoms with Gasteiger partial charge in [0.2, 0.25) is 0 Å². The molecule has 5 nitrogen and oxygen atoms in total. The number of rotatable bonds is 4. The van der Waals surface area contributed by atoms with Gasteiger partial charge in [-0.25, -0.2) is 4.79 Å². The zero-order chi connectivity index (χ0) is 12.8. The highest BCUT2D eigenvalue weighted by Crippen LogP contribution is 2.09. The molecule has 1 amide bonds. The van der Waals surface area contributed by atoms with Gasteiger partial charge in [0.15, 0.2) is 0 Å². The summed E-state index contributed by atoms with van der Waals surface area (Å²) in [6.45, 7) is 3.53. The van der Waals surface area contributed by atoms with Crippen molar-refractivity contribution in [1.82, 2.24) is 5.32 Å². The van der Waals surface area contributed by atoms with Crippen LogP contribution in [0, 0.1) is 0 Å². The number of carbonyl (C=O) groups is 2. The number of nitrogens with one attached hydrogen (secondary N) is 1. The van der Waals surface area contributed by atoms with Crippen LogP contribution in [0.5, 0.6) is 5.75 Å². The third-order valence-corrected chi connectivity index (χ3v) is 2.12. The average Bonchev–Trinajstić information content (AvgIpc) is 2.30. The zero-order valence-electron chi connectivity index (χ0n) is 9.77. The summed E-state index contributed by atoms with van der Waals surface area (Å²) >= 11 is 0. The number of amides is 1. The summed E-state index contributed by atoms with van der Waals surface area (Å²) in [7, 11) is 0. The van der Waals surface area contributed by atoms with Crippen molar-refractivity contribution in [1.29, 1.82) is 0 Å². The number of aromatic hydroxyl groups is 1. The molecule has 0 spiro atoms. The van der Waals surface area contributed by atoms with E-state index in [0.29, 0.717) is 5.56 Å². The van der Waals surface area contributed by atoms with Crippen LogP contribution in [0.3, 0.4) is 0 Å². The van der Waals surface area contributed by atoms with Crippen LogP contribution >= 0.6 is 0 Å². The Kier molecular flexibility index (Phi) is 4.51. The van der Waals surface area contributed by atoms with E-state index >= 15 is 0 Å². The Bertz CT molecular complexity index is 399. The van der Waals surface area contributed by atoms with Gasteiger partial charge in [-0.3, -0.25) is 4.79 Å². The van der Waals surface area contributed by atoms with Crippen LogP contribution in [0.2, 0.25) is 0 Å². The van der Waals surface area contributed by atoms with Crippen LogP contribution in [0.1, 0.15) is 24.2 Å². The lowest BCUT2D eigenvalue weighted by Crippen LogP contribution is -2.39. The van der Waals surface area contributed by atoms with Crippen molar-refractivity contribution in [2.24, 2.45) is 0 Å². The molecule has 17 heavy (non-hydrogen) atoms. The van der Waals surface area contributed by atoms with Crippen molar-refractivity contribution in [2.75, 3.05) is 6.61 Å². The topological polar surface area (TPSA) is 75.6 Å². The normalized spacial score (nSPS) is 11.6. The molecule has 0 bridgehead atoms. The standard InChI is InChI=1S/C12H15NO4/c1-3-17-12(16)8(2)13-11(15)9-4-6-10(14)7-5-9/h4-8,14H,3H2,1-2H3,(H,13,15). The third-order valence-electron chi connectivity index (χ3n) is 2.12. The van der Waals surface area contributed by atoms with Crippen molar-refractivity contribution in [3.8, 4) is 5.75 Å². The van der Waals surface area contributed by atoms with Crippen LogP contribution in [0.25, 0.3) is 0 Å². The molecule has 1 unspecified atom stereocenters. The SMILES string of the molecule is CCOC(=O)C(C)NC(=O)c1ccc(O)cc1. The Morgan fingerprint density at radius 1 is 1.35 bits per heavy atom. The van der Waals surface area contributed by atoms with Crippen LogP contribution in [-0.4, -0.2) is 29.6 Å². The molecular weight excluding hydrogens is 222 g/mol. The maximum Gasteiger partial charge on any atom is 0.328 e. The molecule has 0 heterocycles. The van der Waals surface area contributed by atoms with Gasteiger partial charge in [-0.2, -0.15) is 0 Å². The van der Waals surface area contributed by atoms with Gasteiger partial charge in [-0.1, -0.05) is 0 Å². The van der Waals surface area contributed by atoms with E-state index in [-0.39, 0.29) is 18.3 Å². The van der Waals surface area contributed by atoms with Gasteiger partial charge in [0, 0.05) is 5.56 Å². The van der Waals surface area contributed by atoms with Gasteiger partial charge in [0.1, 0.15) is 11.8 Å². The Morgan fingerprint density at radius 2 is 1.94 bits per heavy atom. The molecule has 0 aliphatic heterocycles. The molecule has 1 aromatic carbocycles. The quantitative estimate of drug-likeness (QED) is 0.768. The first-order valence-corrected chi connectivity index (χ1v) is 5.31. The van der Waals surface area contributed by atoms with Crippen molar-refractivity contribution < 1.29 is 19.4 Å². The first kappa shape index (κ1) is 13.0. The van der Waals surface area contributed by atoms with Gasteiger partial charge >= 0.3 is 5.97 Å². The molecule has 1 rings (SSSR count). The second kappa shape index (κ2) is 5.89. The Morgan fingerprint density at radius 3 is 2.47 bits per heavy atom. The minimum Gasteiger partial charge on any atom is -0.508 e. The van der Waals surface area contributed by atoms with E-state index in [1.807, 2.05) is 0 Å². The Labute approximate surface area is 99.4 Å². The molecule has 0 saturated heterocycles. The molecule has 0 saturated carbocycles. The second-order valence-electron chi connectivity index (χ2n) is 3.49. The molecule has 0 radical (unpaired) electrons. The highest BCUT2D eigenvalue weighted by atomic mass is 16.5. The van der Waals surface area contributed by atoms with Crippen LogP contribution < -0.4 is 5.32 Å². The van der Waals surface area contributed by atoms with Gasteiger partial charge in [-0.15, -0.1) is 0 Å². The van der Waals surface area contributed by atoms with Gasteiger partial charge in [-0.05, 0) is 38.1 Å². The summed E-state index contributed by atoms with van der Waals surface area (Å²) < 4.78 is 4.77. The number of hydrogen-bond donors (Lipinski definition) is 2. The van der Waals surface area contributed by atoms with Crippen LogP contribution in [-0.2, 0) is 9.53 Å². The van der Waals surface area contributed by atoms with Crippen molar-refractivity contribution in [3.05, 3.63) is 29.8 Å². The first-order chi connectivity index (χ1) is 8.04. The number of benzene rings is 1. The van der Waals surface area contributed by atoms with Crippen molar-refractivity contribution in [3.63, 3.8) is 0 Å². The number of esters is 1. The number of hydrogen-bond acceptors (Lipinski definition) is 4. The van der Waals surface area contributed by atoms with E-state index in [1.165, 1.54) is 24.3 Å². The fraction of sp³-hybridized carbons (Fsp3) is 0.333. The first-order valence-electron chi connectivity index (χ1n) is 5.31. The summed E-state index contributed by atoms with van der Waals surface area (Å²) in [5, 5.41) is 11.6. The molecule has 0 fully saturated rings. The molecule has 5 heteroatoms. The average molecular weight is 237 g/mol. The van der Waals surface area contributed by atoms with Crippen molar-refractivity contribution >= 4 is 11.9 Å². The molecule has 2 N–H and O–H groups in total. The van der Waals surface area contributed by atoms with Crippen LogP contribution in [0.15, 0.2) is 24.3 Å². The summed E-state index contributed by atoms with van der Waals surface area (Å²) in [4.78, 5) is 23.0. The van der Waals surface area contributed by atoms with E-state index in [0.717, 1.165) is 0 Å². The maximum atomic E-state index is 11.7. The predicted molar refractivity (Wildman–Crippen MR) is 61.7 cm³/mol. The maximum absolute atomic E-state index is 11.7. The van der Waals surface area contributed by atoms with Crippen molar-refractivity contribution in [2.45, 2.75) is 19.9 Å². The lowest BCUT2D eigenvalue weighted by molar-refractivity contribution is -0.144. The number of phenolic OH excluding ortho intramolecular Hbond substituents is 1. The molecule has 1 aromatic rings. The third kappa shape index (κ3) is 3.79. The fourth-order valence-corrected chi connectivity index (χ4v) is 1.22. The highest BCUT2D eigenvalue weighted by molar-refractivity contribution is 5.96. The van der Waals surface area contributed by atoms with Gasteiger partial charge < -0.3 is 15.2 Å². The summed E-state index contributed by atoms with van der Waals surface area (Å²) in [6, 6.07) is 5.06. The minimum absolute atomic E-state index is 0.0833. The predicted octanol–water partition coefficient (Wildman–Crippen LogP) is 1.07. The lowest BCUT2D eigenvalue weighted by Gasteiger charge is -2.12. The second-order valence-corrected chi connectivity index (χ2v) is 3.49. The van der Waals surface area contributed by atoms with E-state index < -0.39 is 12.0 Å². The highest BCUT2D eigenvalue weighted by Gasteiger charge is 2.17. The van der Waals surface area contributed by atoms with E-state index in [2.05, 4.69) is 5.32 Å². The fourth-order valence-electron chi connectivity index (χ4n) is 1.22. The lowest BCUT2D eigenvalue weighted by atomic mass is 10.2. The molecule has 0 aliphatic carbocycles. The largest absolute Gasteiger partial charge is 0.508 e. The molecule has 0 aromatic heterocycles. The van der Waals surface area contributed by atoms with E-state index in [9.17, 15) is 9.59 Å².